The topological polar surface area (TPSA) is 25.2 Å². The van der Waals surface area contributed by atoms with Gasteiger partial charge in [-0.2, -0.15) is 0 Å². The molecule has 0 N–H and O–H groups in total. The molecule has 0 saturated heterocycles. The van der Waals surface area contributed by atoms with Crippen molar-refractivity contribution >= 4 is 23.2 Å². The van der Waals surface area contributed by atoms with E-state index in [1.165, 1.54) is 16.0 Å². The van der Waals surface area contributed by atoms with Gasteiger partial charge in [-0.3, -0.25) is 4.99 Å². The third-order valence-corrected chi connectivity index (χ3v) is 5.11. The van der Waals surface area contributed by atoms with Crippen LogP contribution in [0, 0.1) is 0 Å². The first-order valence-corrected chi connectivity index (χ1v) is 9.62. The van der Waals surface area contributed by atoms with Gasteiger partial charge in [0.15, 0.2) is 0 Å². The quantitative estimate of drug-likeness (QED) is 0.465. The first-order valence-electron chi connectivity index (χ1n) is 8.74. The molecule has 128 valence electrons. The zero-order valence-electron chi connectivity index (χ0n) is 15.2. The van der Waals surface area contributed by atoms with Crippen LogP contribution in [-0.4, -0.2) is 11.2 Å². The van der Waals surface area contributed by atoms with Gasteiger partial charge < -0.3 is 0 Å². The second-order valence-electron chi connectivity index (χ2n) is 6.78. The molecule has 0 unspecified atom stereocenters. The van der Waals surface area contributed by atoms with Crippen molar-refractivity contribution in [1.82, 2.24) is 4.98 Å². The van der Waals surface area contributed by atoms with Gasteiger partial charge in [0.25, 0.3) is 0 Å². The lowest BCUT2D eigenvalue weighted by Gasteiger charge is -2.16. The van der Waals surface area contributed by atoms with Crippen LogP contribution in [0.1, 0.15) is 56.4 Å². The highest BCUT2D eigenvalue weighted by Gasteiger charge is 2.12. The summed E-state index contributed by atoms with van der Waals surface area (Å²) < 4.78 is 0. The highest BCUT2D eigenvalue weighted by atomic mass is 32.1. The normalized spacial score (nSPS) is 11.8. The van der Waals surface area contributed by atoms with E-state index >= 15 is 0 Å². The van der Waals surface area contributed by atoms with Crippen LogP contribution in [-0.2, 0) is 0 Å². The van der Waals surface area contributed by atoms with E-state index in [1.54, 1.807) is 11.3 Å². The molecule has 0 spiro atoms. The summed E-state index contributed by atoms with van der Waals surface area (Å²) in [6.45, 7) is 8.87. The minimum atomic E-state index is 0.441. The Kier molecular flexibility index (Phi) is 5.44. The van der Waals surface area contributed by atoms with Crippen LogP contribution in [0.3, 0.4) is 0 Å². The summed E-state index contributed by atoms with van der Waals surface area (Å²) in [5.41, 5.74) is 5.56. The van der Waals surface area contributed by atoms with E-state index in [-0.39, 0.29) is 0 Å². The fourth-order valence-corrected chi connectivity index (χ4v) is 3.57. The average molecular weight is 349 g/mol. The Labute approximate surface area is 154 Å². The third-order valence-electron chi connectivity index (χ3n) is 4.21. The van der Waals surface area contributed by atoms with Crippen LogP contribution in [0.5, 0.6) is 0 Å². The summed E-state index contributed by atoms with van der Waals surface area (Å²) in [7, 11) is 0. The van der Waals surface area contributed by atoms with Gasteiger partial charge in [0, 0.05) is 0 Å². The van der Waals surface area contributed by atoms with Crippen LogP contribution < -0.4 is 0 Å². The lowest BCUT2D eigenvalue weighted by atomic mass is 9.93. The largest absolute Gasteiger partial charge is 0.254 e. The van der Waals surface area contributed by atoms with Crippen molar-refractivity contribution in [1.29, 1.82) is 0 Å². The van der Waals surface area contributed by atoms with Crippen LogP contribution in [0.15, 0.2) is 58.9 Å². The molecule has 0 fully saturated rings. The standard InChI is InChI=1S/C22H24N2S/c1-15(2)18-9-6-10-19(16(3)4)22(18)23-14-17-8-5-11-20(24-17)21-12-7-13-25-21/h5-16H,1-4H3. The van der Waals surface area contributed by atoms with Gasteiger partial charge in [-0.25, -0.2) is 4.98 Å². The minimum Gasteiger partial charge on any atom is -0.254 e. The molecule has 0 saturated carbocycles. The van der Waals surface area contributed by atoms with E-state index in [4.69, 9.17) is 9.98 Å². The van der Waals surface area contributed by atoms with Gasteiger partial charge in [0.2, 0.25) is 0 Å². The maximum atomic E-state index is 4.86. The van der Waals surface area contributed by atoms with Crippen LogP contribution >= 0.6 is 11.3 Å². The van der Waals surface area contributed by atoms with Crippen molar-refractivity contribution in [3.05, 3.63) is 70.7 Å². The molecular weight excluding hydrogens is 324 g/mol. The Morgan fingerprint density at radius 3 is 2.16 bits per heavy atom. The fraction of sp³-hybridized carbons (Fsp3) is 0.273. The lowest BCUT2D eigenvalue weighted by Crippen LogP contribution is -1.96. The van der Waals surface area contributed by atoms with Gasteiger partial charge in [-0.1, -0.05) is 58.0 Å². The molecule has 25 heavy (non-hydrogen) atoms. The van der Waals surface area contributed by atoms with Gasteiger partial charge >= 0.3 is 0 Å². The number of aromatic nitrogens is 1. The summed E-state index contributed by atoms with van der Waals surface area (Å²) in [6.07, 6.45) is 1.89. The fourth-order valence-electron chi connectivity index (χ4n) is 2.88. The van der Waals surface area contributed by atoms with Crippen molar-refractivity contribution in [3.63, 3.8) is 0 Å². The molecular formula is C22H24N2S. The molecule has 0 aliphatic heterocycles. The van der Waals surface area contributed by atoms with E-state index < -0.39 is 0 Å². The molecule has 0 radical (unpaired) electrons. The summed E-state index contributed by atoms with van der Waals surface area (Å²) in [4.78, 5) is 10.8. The number of para-hydroxylation sites is 1. The smallest absolute Gasteiger partial charge is 0.0820 e. The monoisotopic (exact) mass is 348 g/mol. The van der Waals surface area contributed by atoms with Crippen molar-refractivity contribution in [2.24, 2.45) is 4.99 Å². The summed E-state index contributed by atoms with van der Waals surface area (Å²) in [5, 5.41) is 2.07. The Morgan fingerprint density at radius 1 is 0.880 bits per heavy atom. The number of pyridine rings is 1. The molecule has 2 heterocycles. The first kappa shape index (κ1) is 17.6. The van der Waals surface area contributed by atoms with Gasteiger partial charge in [0.1, 0.15) is 0 Å². The number of hydrogen-bond acceptors (Lipinski definition) is 3. The average Bonchev–Trinajstić information content (AvgIpc) is 3.14. The predicted molar refractivity (Wildman–Crippen MR) is 109 cm³/mol. The Hall–Kier alpha value is -2.26. The zero-order chi connectivity index (χ0) is 17.8. The SMILES string of the molecule is CC(C)c1cccc(C(C)C)c1N=Cc1cccc(-c2cccs2)n1. The molecule has 0 atom stereocenters. The molecule has 0 amide bonds. The Balaban J connectivity index is 1.99. The molecule has 3 rings (SSSR count). The summed E-state index contributed by atoms with van der Waals surface area (Å²) in [6, 6.07) is 16.7. The number of thiophene rings is 1. The number of rotatable bonds is 5. The Bertz CT molecular complexity index is 835. The molecule has 0 aliphatic rings. The van der Waals surface area contributed by atoms with E-state index in [1.807, 2.05) is 24.4 Å². The van der Waals surface area contributed by atoms with Crippen molar-refractivity contribution in [2.45, 2.75) is 39.5 Å². The van der Waals surface area contributed by atoms with E-state index in [2.05, 4.69) is 63.4 Å². The lowest BCUT2D eigenvalue weighted by molar-refractivity contribution is 0.835. The number of aliphatic imine (C=N–C) groups is 1. The van der Waals surface area contributed by atoms with E-state index in [0.29, 0.717) is 11.8 Å². The summed E-state index contributed by atoms with van der Waals surface area (Å²) in [5.74, 6) is 0.882. The van der Waals surface area contributed by atoms with Crippen LogP contribution in [0.25, 0.3) is 10.6 Å². The highest BCUT2D eigenvalue weighted by Crippen LogP contribution is 2.34. The number of hydrogen-bond donors (Lipinski definition) is 0. The van der Waals surface area contributed by atoms with Gasteiger partial charge in [-0.15, -0.1) is 11.3 Å². The maximum absolute atomic E-state index is 4.86. The molecule has 2 aromatic heterocycles. The van der Waals surface area contributed by atoms with Crippen molar-refractivity contribution < 1.29 is 0 Å². The van der Waals surface area contributed by atoms with Gasteiger partial charge in [0.05, 0.1) is 28.2 Å². The number of benzene rings is 1. The summed E-state index contributed by atoms with van der Waals surface area (Å²) >= 11 is 1.70. The zero-order valence-corrected chi connectivity index (χ0v) is 16.0. The van der Waals surface area contributed by atoms with Gasteiger partial charge in [-0.05, 0) is 46.5 Å². The van der Waals surface area contributed by atoms with Crippen molar-refractivity contribution in [3.8, 4) is 10.6 Å². The first-order chi connectivity index (χ1) is 12.1. The second-order valence-corrected chi connectivity index (χ2v) is 7.73. The van der Waals surface area contributed by atoms with E-state index in [9.17, 15) is 0 Å². The van der Waals surface area contributed by atoms with Crippen molar-refractivity contribution in [2.75, 3.05) is 0 Å². The van der Waals surface area contributed by atoms with Crippen LogP contribution in [0.4, 0.5) is 5.69 Å². The predicted octanol–water partition coefficient (Wildman–Crippen LogP) is 6.81. The molecule has 3 aromatic rings. The highest BCUT2D eigenvalue weighted by molar-refractivity contribution is 7.13. The Morgan fingerprint density at radius 2 is 1.56 bits per heavy atom. The molecule has 0 bridgehead atoms. The van der Waals surface area contributed by atoms with E-state index in [0.717, 1.165) is 17.1 Å². The second kappa shape index (κ2) is 7.75. The third kappa shape index (κ3) is 4.05. The van der Waals surface area contributed by atoms with Crippen LogP contribution in [0.2, 0.25) is 0 Å². The molecule has 3 heteroatoms. The minimum absolute atomic E-state index is 0.441. The number of nitrogens with zero attached hydrogens (tertiary/aromatic N) is 2. The maximum Gasteiger partial charge on any atom is 0.0820 e. The molecule has 0 aliphatic carbocycles. The molecule has 2 nitrogen and oxygen atoms in total. The molecule has 1 aromatic carbocycles.